The maximum absolute atomic E-state index is 13.3. The Morgan fingerprint density at radius 3 is 2.78 bits per heavy atom. The lowest BCUT2D eigenvalue weighted by Crippen LogP contribution is -2.32. The second kappa shape index (κ2) is 8.15. The van der Waals surface area contributed by atoms with Crippen LogP contribution in [0.15, 0.2) is 47.2 Å². The van der Waals surface area contributed by atoms with Gasteiger partial charge in [0, 0.05) is 31.3 Å². The number of likely N-dealkylation sites (tertiary alicyclic amines) is 1. The molecule has 1 aliphatic heterocycles. The predicted molar refractivity (Wildman–Crippen MR) is 100 cm³/mol. The molecular weight excluding hydrogens is 367 g/mol. The van der Waals surface area contributed by atoms with Gasteiger partial charge in [0.15, 0.2) is 5.82 Å². The van der Waals surface area contributed by atoms with Crippen LogP contribution in [-0.2, 0) is 13.0 Å². The summed E-state index contributed by atoms with van der Waals surface area (Å²) in [6.45, 7) is 2.90. The maximum atomic E-state index is 13.3. The van der Waals surface area contributed by atoms with Crippen molar-refractivity contribution in [2.45, 2.75) is 31.7 Å². The summed E-state index contributed by atoms with van der Waals surface area (Å²) < 4.78 is 18.8. The average Bonchev–Trinajstić information content (AvgIpc) is 3.15. The molecule has 0 N–H and O–H groups in total. The largest absolute Gasteiger partial charge is 0.339 e. The monoisotopic (exact) mass is 386 g/mol. The number of piperidine rings is 1. The molecule has 0 amide bonds. The molecule has 4 rings (SSSR count). The first-order chi connectivity index (χ1) is 13.2. The Morgan fingerprint density at radius 1 is 1.19 bits per heavy atom. The van der Waals surface area contributed by atoms with Crippen molar-refractivity contribution < 1.29 is 8.91 Å². The van der Waals surface area contributed by atoms with E-state index < -0.39 is 5.82 Å². The molecule has 140 valence electrons. The molecule has 2 aromatic heterocycles. The highest BCUT2D eigenvalue weighted by Crippen LogP contribution is 2.28. The first-order valence-corrected chi connectivity index (χ1v) is 9.43. The van der Waals surface area contributed by atoms with E-state index in [1.165, 1.54) is 11.6 Å². The van der Waals surface area contributed by atoms with Gasteiger partial charge in [-0.1, -0.05) is 28.9 Å². The quantitative estimate of drug-likeness (QED) is 0.656. The maximum Gasteiger partial charge on any atom is 0.229 e. The lowest BCUT2D eigenvalue weighted by Gasteiger charge is -2.30. The molecule has 0 saturated carbocycles. The van der Waals surface area contributed by atoms with Gasteiger partial charge in [-0.15, -0.1) is 0 Å². The zero-order chi connectivity index (χ0) is 18.6. The minimum absolute atomic E-state index is 0.109. The molecule has 0 aliphatic carbocycles. The zero-order valence-electron chi connectivity index (χ0n) is 14.8. The van der Waals surface area contributed by atoms with E-state index >= 15 is 0 Å². The van der Waals surface area contributed by atoms with Gasteiger partial charge in [0.2, 0.25) is 5.89 Å². The Bertz CT molecular complexity index is 894. The van der Waals surface area contributed by atoms with Crippen LogP contribution >= 0.6 is 11.6 Å². The summed E-state index contributed by atoms with van der Waals surface area (Å²) in [4.78, 5) is 11.1. The molecular formula is C20H20ClFN4O. The van der Waals surface area contributed by atoms with Crippen LogP contribution in [0.1, 0.15) is 41.6 Å². The SMILES string of the molecule is Fc1ccc(Cc2noc(C3CCN(Cc4cccnc4)CC3)n2)cc1Cl. The van der Waals surface area contributed by atoms with Crippen molar-refractivity contribution in [2.24, 2.45) is 0 Å². The van der Waals surface area contributed by atoms with Crippen LogP contribution in [0.25, 0.3) is 0 Å². The summed E-state index contributed by atoms with van der Waals surface area (Å²) in [6, 6.07) is 8.72. The Kier molecular flexibility index (Phi) is 5.45. The smallest absolute Gasteiger partial charge is 0.229 e. The predicted octanol–water partition coefficient (Wildman–Crippen LogP) is 4.23. The first kappa shape index (κ1) is 18.1. The minimum atomic E-state index is -0.424. The van der Waals surface area contributed by atoms with E-state index in [-0.39, 0.29) is 10.9 Å². The lowest BCUT2D eigenvalue weighted by molar-refractivity contribution is 0.187. The van der Waals surface area contributed by atoms with Gasteiger partial charge in [-0.05, 0) is 55.3 Å². The number of hydrogen-bond acceptors (Lipinski definition) is 5. The van der Waals surface area contributed by atoms with E-state index in [9.17, 15) is 4.39 Å². The summed E-state index contributed by atoms with van der Waals surface area (Å²) in [6.07, 6.45) is 6.17. The third kappa shape index (κ3) is 4.51. The van der Waals surface area contributed by atoms with E-state index in [2.05, 4.69) is 26.1 Å². The highest BCUT2D eigenvalue weighted by molar-refractivity contribution is 6.30. The highest BCUT2D eigenvalue weighted by Gasteiger charge is 2.25. The van der Waals surface area contributed by atoms with Crippen molar-refractivity contribution in [1.82, 2.24) is 20.0 Å². The van der Waals surface area contributed by atoms with Gasteiger partial charge >= 0.3 is 0 Å². The Morgan fingerprint density at radius 2 is 2.04 bits per heavy atom. The molecule has 3 aromatic rings. The second-order valence-electron chi connectivity index (χ2n) is 6.89. The van der Waals surface area contributed by atoms with Crippen LogP contribution in [-0.4, -0.2) is 33.1 Å². The van der Waals surface area contributed by atoms with Gasteiger partial charge in [-0.2, -0.15) is 4.98 Å². The van der Waals surface area contributed by atoms with Crippen LogP contribution in [0.2, 0.25) is 5.02 Å². The molecule has 3 heterocycles. The van der Waals surface area contributed by atoms with Crippen molar-refractivity contribution in [3.05, 3.63) is 76.4 Å². The molecule has 1 aliphatic rings. The Hall–Kier alpha value is -2.31. The first-order valence-electron chi connectivity index (χ1n) is 9.05. The number of halogens is 2. The molecule has 0 radical (unpaired) electrons. The number of rotatable bonds is 5. The fourth-order valence-corrected chi connectivity index (χ4v) is 3.63. The molecule has 27 heavy (non-hydrogen) atoms. The number of nitrogens with zero attached hydrogens (tertiary/aromatic N) is 4. The minimum Gasteiger partial charge on any atom is -0.339 e. The van der Waals surface area contributed by atoms with Crippen LogP contribution < -0.4 is 0 Å². The zero-order valence-corrected chi connectivity index (χ0v) is 15.6. The Labute approximate surface area is 162 Å². The summed E-state index contributed by atoms with van der Waals surface area (Å²) in [7, 11) is 0. The number of aromatic nitrogens is 3. The number of hydrogen-bond donors (Lipinski definition) is 0. The van der Waals surface area contributed by atoms with Crippen LogP contribution in [0.3, 0.4) is 0 Å². The van der Waals surface area contributed by atoms with Gasteiger partial charge in [0.05, 0.1) is 5.02 Å². The molecule has 0 unspecified atom stereocenters. The van der Waals surface area contributed by atoms with Crippen molar-refractivity contribution in [2.75, 3.05) is 13.1 Å². The van der Waals surface area contributed by atoms with Gasteiger partial charge in [-0.25, -0.2) is 4.39 Å². The van der Waals surface area contributed by atoms with Crippen molar-refractivity contribution in [3.63, 3.8) is 0 Å². The van der Waals surface area contributed by atoms with E-state index in [0.29, 0.717) is 18.1 Å². The van der Waals surface area contributed by atoms with E-state index in [1.807, 2.05) is 12.3 Å². The van der Waals surface area contributed by atoms with Crippen molar-refractivity contribution in [3.8, 4) is 0 Å². The summed E-state index contributed by atoms with van der Waals surface area (Å²) >= 11 is 5.83. The molecule has 1 aromatic carbocycles. The summed E-state index contributed by atoms with van der Waals surface area (Å²) in [5.41, 5.74) is 2.09. The normalized spacial score (nSPS) is 15.9. The molecule has 0 spiro atoms. The van der Waals surface area contributed by atoms with Gasteiger partial charge in [0.25, 0.3) is 0 Å². The third-order valence-corrected chi connectivity index (χ3v) is 5.19. The molecule has 1 saturated heterocycles. The Balaban J connectivity index is 1.33. The highest BCUT2D eigenvalue weighted by atomic mass is 35.5. The number of pyridine rings is 1. The standard InChI is InChI=1S/C20H20ClFN4O/c21-17-10-14(3-4-18(17)22)11-19-24-20(27-25-19)16-5-8-26(9-6-16)13-15-2-1-7-23-12-15/h1-4,7,10,12,16H,5-6,8-9,11,13H2. The van der Waals surface area contributed by atoms with E-state index in [0.717, 1.165) is 38.0 Å². The van der Waals surface area contributed by atoms with Crippen LogP contribution in [0.4, 0.5) is 4.39 Å². The fourth-order valence-electron chi connectivity index (χ4n) is 3.43. The van der Waals surface area contributed by atoms with Crippen LogP contribution in [0, 0.1) is 5.82 Å². The molecule has 5 nitrogen and oxygen atoms in total. The summed E-state index contributed by atoms with van der Waals surface area (Å²) in [5.74, 6) is 1.16. The lowest BCUT2D eigenvalue weighted by atomic mass is 9.96. The molecule has 0 bridgehead atoms. The van der Waals surface area contributed by atoms with Crippen molar-refractivity contribution in [1.29, 1.82) is 0 Å². The van der Waals surface area contributed by atoms with Gasteiger partial charge < -0.3 is 4.52 Å². The molecule has 0 atom stereocenters. The van der Waals surface area contributed by atoms with Crippen LogP contribution in [0.5, 0.6) is 0 Å². The van der Waals surface area contributed by atoms with Gasteiger partial charge in [0.1, 0.15) is 5.82 Å². The second-order valence-corrected chi connectivity index (χ2v) is 7.29. The summed E-state index contributed by atoms with van der Waals surface area (Å²) in [5, 5.41) is 4.19. The fraction of sp³-hybridized carbons (Fsp3) is 0.350. The van der Waals surface area contributed by atoms with E-state index in [4.69, 9.17) is 16.1 Å². The third-order valence-electron chi connectivity index (χ3n) is 4.90. The molecule has 1 fully saturated rings. The van der Waals surface area contributed by atoms with Gasteiger partial charge in [-0.3, -0.25) is 9.88 Å². The topological polar surface area (TPSA) is 55.1 Å². The average molecular weight is 387 g/mol. The van der Waals surface area contributed by atoms with Crippen molar-refractivity contribution >= 4 is 11.6 Å². The van der Waals surface area contributed by atoms with E-state index in [1.54, 1.807) is 18.3 Å². The molecule has 7 heteroatoms. The number of benzene rings is 1.